The second-order valence-electron chi connectivity index (χ2n) is 9.08. The minimum absolute atomic E-state index is 0.000149. The second kappa shape index (κ2) is 12.1. The van der Waals surface area contributed by atoms with Gasteiger partial charge in [0.15, 0.2) is 5.78 Å². The van der Waals surface area contributed by atoms with Crippen LogP contribution in [0.5, 0.6) is 0 Å². The first kappa shape index (κ1) is 25.1. The van der Waals surface area contributed by atoms with E-state index in [-0.39, 0.29) is 36.2 Å². The molecule has 2 heterocycles. The molecule has 0 spiro atoms. The molecule has 2 aliphatic rings. The molecule has 3 rings (SSSR count). The van der Waals surface area contributed by atoms with Crippen LogP contribution in [-0.2, 0) is 19.1 Å². The van der Waals surface area contributed by atoms with Crippen LogP contribution in [0.25, 0.3) is 0 Å². The summed E-state index contributed by atoms with van der Waals surface area (Å²) >= 11 is 0. The quantitative estimate of drug-likeness (QED) is 0.479. The van der Waals surface area contributed by atoms with E-state index in [0.717, 1.165) is 45.1 Å². The van der Waals surface area contributed by atoms with E-state index in [1.165, 1.54) is 0 Å². The first-order valence-electron chi connectivity index (χ1n) is 11.7. The van der Waals surface area contributed by atoms with Crippen LogP contribution in [0.2, 0.25) is 0 Å². The zero-order valence-electron chi connectivity index (χ0n) is 19.8. The Morgan fingerprint density at radius 1 is 1.15 bits per heavy atom. The summed E-state index contributed by atoms with van der Waals surface area (Å²) in [6.07, 6.45) is 0.0923. The van der Waals surface area contributed by atoms with Crippen molar-refractivity contribution >= 4 is 23.3 Å². The van der Waals surface area contributed by atoms with Gasteiger partial charge in [-0.15, -0.1) is 0 Å². The van der Waals surface area contributed by atoms with E-state index >= 15 is 0 Å². The van der Waals surface area contributed by atoms with E-state index in [4.69, 9.17) is 9.47 Å². The average molecular weight is 461 g/mol. The molecule has 33 heavy (non-hydrogen) atoms. The van der Waals surface area contributed by atoms with Crippen LogP contribution in [-0.4, -0.2) is 86.7 Å². The van der Waals surface area contributed by atoms with Gasteiger partial charge in [0, 0.05) is 37.4 Å². The molecule has 0 bridgehead atoms. The van der Waals surface area contributed by atoms with Crippen molar-refractivity contribution in [1.29, 1.82) is 0 Å². The number of rotatable bonds is 10. The van der Waals surface area contributed by atoms with E-state index in [9.17, 15) is 14.4 Å². The van der Waals surface area contributed by atoms with Crippen LogP contribution in [0, 0.1) is 5.92 Å². The molecule has 1 aromatic rings. The van der Waals surface area contributed by atoms with E-state index in [2.05, 4.69) is 20.9 Å². The number of nitrogens with zero attached hydrogens (tertiary/aromatic N) is 1. The zero-order valence-corrected chi connectivity index (χ0v) is 19.8. The van der Waals surface area contributed by atoms with Crippen molar-refractivity contribution in [2.24, 2.45) is 5.92 Å². The molecule has 9 nitrogen and oxygen atoms in total. The maximum atomic E-state index is 12.8. The van der Waals surface area contributed by atoms with Gasteiger partial charge in [0.25, 0.3) is 5.91 Å². The predicted molar refractivity (Wildman–Crippen MR) is 125 cm³/mol. The standard InChI is InChI=1S/C24H36N4O5/c1-16(2)14-20(24(31)27-22-17(3)33-15-21(22)29)26-23(30)18-4-6-19(7-5-18)25-8-9-28-10-12-32-13-11-28/h4-7,16-17,20,22,25H,8-15H2,1-3H3,(H,26,30)(H,27,31)/t17-,20+,22-/m1/s1. The molecule has 0 aliphatic carbocycles. The van der Waals surface area contributed by atoms with Crippen molar-refractivity contribution in [3.63, 3.8) is 0 Å². The number of nitrogens with one attached hydrogen (secondary N) is 3. The summed E-state index contributed by atoms with van der Waals surface area (Å²) in [6.45, 7) is 10.9. The monoisotopic (exact) mass is 460 g/mol. The van der Waals surface area contributed by atoms with Gasteiger partial charge in [-0.3, -0.25) is 19.3 Å². The maximum absolute atomic E-state index is 12.8. The first-order valence-corrected chi connectivity index (χ1v) is 11.7. The van der Waals surface area contributed by atoms with Crippen LogP contribution < -0.4 is 16.0 Å². The van der Waals surface area contributed by atoms with Gasteiger partial charge in [-0.1, -0.05) is 13.8 Å². The van der Waals surface area contributed by atoms with Crippen LogP contribution >= 0.6 is 0 Å². The Kier molecular flexibility index (Phi) is 9.22. The summed E-state index contributed by atoms with van der Waals surface area (Å²) in [5.41, 5.74) is 1.41. The van der Waals surface area contributed by atoms with Crippen molar-refractivity contribution in [2.75, 3.05) is 51.3 Å². The van der Waals surface area contributed by atoms with Crippen molar-refractivity contribution in [1.82, 2.24) is 15.5 Å². The Morgan fingerprint density at radius 3 is 2.45 bits per heavy atom. The lowest BCUT2D eigenvalue weighted by molar-refractivity contribution is -0.127. The van der Waals surface area contributed by atoms with Gasteiger partial charge in [0.2, 0.25) is 5.91 Å². The van der Waals surface area contributed by atoms with Crippen LogP contribution in [0.1, 0.15) is 37.6 Å². The van der Waals surface area contributed by atoms with Crippen LogP contribution in [0.4, 0.5) is 5.69 Å². The summed E-state index contributed by atoms with van der Waals surface area (Å²) in [6, 6.07) is 5.81. The minimum Gasteiger partial charge on any atom is -0.384 e. The number of carbonyl (C=O) groups is 3. The predicted octanol–water partition coefficient (Wildman–Crippen LogP) is 1.05. The van der Waals surface area contributed by atoms with E-state index in [0.29, 0.717) is 12.0 Å². The third-order valence-corrected chi connectivity index (χ3v) is 5.94. The Hall–Kier alpha value is -2.49. The lowest BCUT2D eigenvalue weighted by Gasteiger charge is -2.26. The molecule has 0 radical (unpaired) electrons. The van der Waals surface area contributed by atoms with Crippen molar-refractivity contribution in [3.8, 4) is 0 Å². The number of ether oxygens (including phenoxy) is 2. The van der Waals surface area contributed by atoms with Crippen molar-refractivity contribution in [3.05, 3.63) is 29.8 Å². The normalized spacial score (nSPS) is 22.2. The Balaban J connectivity index is 1.52. The largest absolute Gasteiger partial charge is 0.384 e. The first-order chi connectivity index (χ1) is 15.8. The number of Topliss-reactive ketones (excluding diaryl/α,β-unsaturated/α-hetero) is 1. The molecule has 1 aromatic carbocycles. The number of carbonyl (C=O) groups excluding carboxylic acids is 3. The number of hydrogen-bond acceptors (Lipinski definition) is 7. The molecule has 3 atom stereocenters. The van der Waals surface area contributed by atoms with Gasteiger partial charge in [-0.05, 0) is 43.5 Å². The lowest BCUT2D eigenvalue weighted by Crippen LogP contribution is -2.53. The highest BCUT2D eigenvalue weighted by molar-refractivity contribution is 5.99. The molecule has 0 unspecified atom stereocenters. The number of ketones is 1. The van der Waals surface area contributed by atoms with Gasteiger partial charge in [-0.2, -0.15) is 0 Å². The van der Waals surface area contributed by atoms with E-state index in [1.807, 2.05) is 26.0 Å². The summed E-state index contributed by atoms with van der Waals surface area (Å²) in [5, 5.41) is 8.95. The molecule has 182 valence electrons. The highest BCUT2D eigenvalue weighted by atomic mass is 16.5. The summed E-state index contributed by atoms with van der Waals surface area (Å²) in [7, 11) is 0. The van der Waals surface area contributed by atoms with Gasteiger partial charge in [-0.25, -0.2) is 0 Å². The molecule has 2 amide bonds. The fourth-order valence-corrected chi connectivity index (χ4v) is 3.98. The highest BCUT2D eigenvalue weighted by Crippen LogP contribution is 2.13. The van der Waals surface area contributed by atoms with Crippen molar-refractivity contribution in [2.45, 2.75) is 45.4 Å². The fraction of sp³-hybridized carbons (Fsp3) is 0.625. The number of hydrogen-bond donors (Lipinski definition) is 3. The summed E-state index contributed by atoms with van der Waals surface area (Å²) in [4.78, 5) is 40.0. The summed E-state index contributed by atoms with van der Waals surface area (Å²) in [5.74, 6) is -0.652. The zero-order chi connectivity index (χ0) is 23.8. The SMILES string of the molecule is CC(C)C[C@H](NC(=O)c1ccc(NCCN2CCOCC2)cc1)C(=O)N[C@H]1C(=O)CO[C@@H]1C. The molecule has 9 heteroatoms. The Bertz CT molecular complexity index is 808. The van der Waals surface area contributed by atoms with E-state index < -0.39 is 12.1 Å². The Labute approximate surface area is 195 Å². The van der Waals surface area contributed by atoms with Crippen LogP contribution in [0.3, 0.4) is 0 Å². The third kappa shape index (κ3) is 7.52. The maximum Gasteiger partial charge on any atom is 0.251 e. The fourth-order valence-electron chi connectivity index (χ4n) is 3.98. The molecule has 0 saturated carbocycles. The summed E-state index contributed by atoms with van der Waals surface area (Å²) < 4.78 is 10.7. The minimum atomic E-state index is -0.732. The number of amides is 2. The molecule has 2 aliphatic heterocycles. The van der Waals surface area contributed by atoms with Gasteiger partial charge in [0.05, 0.1) is 19.3 Å². The Morgan fingerprint density at radius 2 is 1.85 bits per heavy atom. The number of morpholine rings is 1. The lowest BCUT2D eigenvalue weighted by atomic mass is 10.0. The van der Waals surface area contributed by atoms with Gasteiger partial charge < -0.3 is 25.4 Å². The van der Waals surface area contributed by atoms with Gasteiger partial charge in [0.1, 0.15) is 18.7 Å². The second-order valence-corrected chi connectivity index (χ2v) is 9.08. The number of benzene rings is 1. The molecular weight excluding hydrogens is 424 g/mol. The van der Waals surface area contributed by atoms with Gasteiger partial charge >= 0.3 is 0 Å². The van der Waals surface area contributed by atoms with Crippen LogP contribution in [0.15, 0.2) is 24.3 Å². The topological polar surface area (TPSA) is 109 Å². The van der Waals surface area contributed by atoms with E-state index in [1.54, 1.807) is 19.1 Å². The molecule has 2 fully saturated rings. The average Bonchev–Trinajstić information content (AvgIpc) is 3.11. The molecular formula is C24H36N4O5. The molecule has 0 aromatic heterocycles. The van der Waals surface area contributed by atoms with Crippen molar-refractivity contribution < 1.29 is 23.9 Å². The molecule has 3 N–H and O–H groups in total. The number of anilines is 1. The third-order valence-electron chi connectivity index (χ3n) is 5.94. The molecule has 2 saturated heterocycles. The highest BCUT2D eigenvalue weighted by Gasteiger charge is 2.35. The smallest absolute Gasteiger partial charge is 0.251 e.